The second kappa shape index (κ2) is 9.38. The summed E-state index contributed by atoms with van der Waals surface area (Å²) in [4.78, 5) is 31.3. The van der Waals surface area contributed by atoms with Crippen molar-refractivity contribution in [1.29, 1.82) is 0 Å². The third kappa shape index (κ3) is 4.44. The summed E-state index contributed by atoms with van der Waals surface area (Å²) in [5.41, 5.74) is 3.81. The molecule has 0 aliphatic heterocycles. The lowest BCUT2D eigenvalue weighted by molar-refractivity contribution is 0.102. The van der Waals surface area contributed by atoms with Crippen molar-refractivity contribution in [1.82, 2.24) is 19.3 Å². The highest BCUT2D eigenvalue weighted by Gasteiger charge is 2.20. The zero-order chi connectivity index (χ0) is 24.5. The summed E-state index contributed by atoms with van der Waals surface area (Å²) in [6.07, 6.45) is 0. The fourth-order valence-corrected chi connectivity index (χ4v) is 5.11. The van der Waals surface area contributed by atoms with Crippen LogP contribution in [0, 0.1) is 20.8 Å². The Hall–Kier alpha value is -3.91. The van der Waals surface area contributed by atoms with Gasteiger partial charge in [-0.1, -0.05) is 59.4 Å². The minimum atomic E-state index is -0.117. The Kier molecular flexibility index (Phi) is 6.13. The van der Waals surface area contributed by atoms with E-state index in [0.29, 0.717) is 39.7 Å². The number of benzene rings is 2. The van der Waals surface area contributed by atoms with E-state index >= 15 is 0 Å². The van der Waals surface area contributed by atoms with Gasteiger partial charge in [-0.3, -0.25) is 18.7 Å². The lowest BCUT2D eigenvalue weighted by atomic mass is 10.2. The molecule has 3 aromatic heterocycles. The number of para-hydroxylation sites is 1. The summed E-state index contributed by atoms with van der Waals surface area (Å²) in [6.45, 7) is 6.05. The zero-order valence-electron chi connectivity index (χ0n) is 19.7. The highest BCUT2D eigenvalue weighted by atomic mass is 32.2. The summed E-state index contributed by atoms with van der Waals surface area (Å²) in [6, 6.07) is 20.8. The molecule has 3 heterocycles. The Balaban J connectivity index is 1.47. The van der Waals surface area contributed by atoms with Gasteiger partial charge in [0.15, 0.2) is 16.8 Å². The van der Waals surface area contributed by atoms with Crippen LogP contribution in [0.5, 0.6) is 0 Å². The van der Waals surface area contributed by atoms with Gasteiger partial charge in [0.05, 0.1) is 23.2 Å². The monoisotopic (exact) mass is 484 g/mol. The van der Waals surface area contributed by atoms with Gasteiger partial charge in [-0.05, 0) is 44.5 Å². The van der Waals surface area contributed by atoms with Gasteiger partial charge < -0.3 is 4.52 Å². The summed E-state index contributed by atoms with van der Waals surface area (Å²) >= 11 is 1.28. The average Bonchev–Trinajstić information content (AvgIpc) is 3.41. The second-order valence-electron chi connectivity index (χ2n) is 8.42. The van der Waals surface area contributed by atoms with E-state index in [1.54, 1.807) is 10.6 Å². The molecule has 7 nitrogen and oxygen atoms in total. The summed E-state index contributed by atoms with van der Waals surface area (Å²) < 4.78 is 8.77. The van der Waals surface area contributed by atoms with Gasteiger partial charge in [-0.2, -0.15) is 0 Å². The molecule has 0 saturated heterocycles. The van der Waals surface area contributed by atoms with E-state index in [-0.39, 0.29) is 17.1 Å². The Morgan fingerprint density at radius 2 is 1.74 bits per heavy atom. The molecule has 0 aliphatic rings. The number of aromatic nitrogens is 4. The van der Waals surface area contributed by atoms with Gasteiger partial charge >= 0.3 is 0 Å². The van der Waals surface area contributed by atoms with Crippen molar-refractivity contribution in [2.45, 2.75) is 32.5 Å². The highest BCUT2D eigenvalue weighted by Crippen LogP contribution is 2.25. The number of thioether (sulfide) groups is 1. The highest BCUT2D eigenvalue weighted by molar-refractivity contribution is 7.99. The molecule has 0 fully saturated rings. The van der Waals surface area contributed by atoms with Crippen LogP contribution in [-0.4, -0.2) is 30.8 Å². The van der Waals surface area contributed by atoms with Crippen molar-refractivity contribution in [2.75, 3.05) is 5.75 Å². The Morgan fingerprint density at radius 3 is 2.49 bits per heavy atom. The van der Waals surface area contributed by atoms with Crippen LogP contribution in [0.1, 0.15) is 33.1 Å². The number of hydrogen-bond donors (Lipinski definition) is 0. The van der Waals surface area contributed by atoms with Gasteiger partial charge in [-0.25, -0.2) is 4.98 Å². The number of rotatable bonds is 7. The van der Waals surface area contributed by atoms with E-state index in [1.165, 1.54) is 11.8 Å². The van der Waals surface area contributed by atoms with E-state index in [2.05, 4.69) is 5.16 Å². The fraction of sp³-hybridized carbons (Fsp3) is 0.185. The Labute approximate surface area is 206 Å². The van der Waals surface area contributed by atoms with Crippen LogP contribution in [0.4, 0.5) is 0 Å². The number of carbonyl (C=O) groups is 1. The van der Waals surface area contributed by atoms with Crippen molar-refractivity contribution in [3.05, 3.63) is 105 Å². The minimum Gasteiger partial charge on any atom is -0.360 e. The summed E-state index contributed by atoms with van der Waals surface area (Å²) in [7, 11) is 0. The Bertz CT molecular complexity index is 1600. The number of fused-ring (bicyclic) bond motifs is 1. The van der Waals surface area contributed by atoms with Crippen molar-refractivity contribution in [2.24, 2.45) is 0 Å². The molecule has 0 N–H and O–H groups in total. The first-order chi connectivity index (χ1) is 16.9. The van der Waals surface area contributed by atoms with E-state index in [4.69, 9.17) is 9.51 Å². The topological polar surface area (TPSA) is 82.9 Å². The minimum absolute atomic E-state index is 0.0387. The van der Waals surface area contributed by atoms with E-state index in [0.717, 1.165) is 17.0 Å². The number of aryl methyl sites for hydroxylation is 2. The quantitative estimate of drug-likeness (QED) is 0.181. The predicted octanol–water partition coefficient (Wildman–Crippen LogP) is 5.12. The number of nitrogens with zero attached hydrogens (tertiary/aromatic N) is 4. The van der Waals surface area contributed by atoms with E-state index in [1.807, 2.05) is 86.0 Å². The van der Waals surface area contributed by atoms with Crippen molar-refractivity contribution >= 4 is 28.4 Å². The van der Waals surface area contributed by atoms with E-state index in [9.17, 15) is 9.59 Å². The maximum absolute atomic E-state index is 13.3. The van der Waals surface area contributed by atoms with Crippen LogP contribution >= 0.6 is 11.8 Å². The maximum Gasteiger partial charge on any atom is 0.262 e. The lowest BCUT2D eigenvalue weighted by Gasteiger charge is -2.13. The second-order valence-corrected chi connectivity index (χ2v) is 9.36. The molecule has 0 unspecified atom stereocenters. The normalized spacial score (nSPS) is 11.3. The molecular formula is C27H24N4O3S. The van der Waals surface area contributed by atoms with Gasteiger partial charge in [0.2, 0.25) is 0 Å². The van der Waals surface area contributed by atoms with E-state index < -0.39 is 0 Å². The summed E-state index contributed by atoms with van der Waals surface area (Å²) in [5.74, 6) is 1.47. The predicted molar refractivity (Wildman–Crippen MR) is 137 cm³/mol. The molecule has 176 valence electrons. The third-order valence-corrected chi connectivity index (χ3v) is 6.90. The van der Waals surface area contributed by atoms with Crippen LogP contribution in [0.15, 0.2) is 81.2 Å². The van der Waals surface area contributed by atoms with Crippen LogP contribution in [0.25, 0.3) is 16.7 Å². The largest absolute Gasteiger partial charge is 0.360 e. The summed E-state index contributed by atoms with van der Waals surface area (Å²) in [5, 5.41) is 5.17. The molecule has 5 aromatic rings. The first kappa shape index (κ1) is 22.9. The molecular weight excluding hydrogens is 460 g/mol. The average molecular weight is 485 g/mol. The molecule has 0 saturated carbocycles. The molecule has 0 aliphatic carbocycles. The molecule has 0 atom stereocenters. The van der Waals surface area contributed by atoms with Crippen LogP contribution < -0.4 is 5.56 Å². The molecule has 2 aromatic carbocycles. The fourth-order valence-electron chi connectivity index (χ4n) is 4.23. The van der Waals surface area contributed by atoms with Crippen LogP contribution in [0.2, 0.25) is 0 Å². The molecule has 0 radical (unpaired) electrons. The first-order valence-electron chi connectivity index (χ1n) is 11.2. The van der Waals surface area contributed by atoms with Gasteiger partial charge in [0.25, 0.3) is 5.56 Å². The number of hydrogen-bond acceptors (Lipinski definition) is 6. The van der Waals surface area contributed by atoms with Gasteiger partial charge in [0.1, 0.15) is 5.76 Å². The number of ketones is 1. The molecule has 5 rings (SSSR count). The molecule has 0 bridgehead atoms. The zero-order valence-corrected chi connectivity index (χ0v) is 20.5. The standard InChI is InChI=1S/C27H24N4O3S/c1-17-13-22(19(3)31(17)25-14-18(2)34-29-25)24(32)16-35-27-28-23-12-8-7-11-21(23)26(33)30(27)15-20-9-5-4-6-10-20/h4-14H,15-16H2,1-3H3. The van der Waals surface area contributed by atoms with Gasteiger partial charge in [-0.15, -0.1) is 0 Å². The molecule has 35 heavy (non-hydrogen) atoms. The number of Topliss-reactive ketones (excluding diaryl/α,β-unsaturated/α-hetero) is 1. The molecule has 0 amide bonds. The van der Waals surface area contributed by atoms with Gasteiger partial charge in [0, 0.05) is 23.0 Å². The van der Waals surface area contributed by atoms with Crippen LogP contribution in [0.3, 0.4) is 0 Å². The third-order valence-electron chi connectivity index (χ3n) is 5.92. The Morgan fingerprint density at radius 1 is 1.00 bits per heavy atom. The number of carbonyl (C=O) groups excluding carboxylic acids is 1. The van der Waals surface area contributed by atoms with Crippen molar-refractivity contribution in [3.63, 3.8) is 0 Å². The molecule has 0 spiro atoms. The van der Waals surface area contributed by atoms with Crippen molar-refractivity contribution < 1.29 is 9.32 Å². The lowest BCUT2D eigenvalue weighted by Crippen LogP contribution is -2.24. The molecule has 8 heteroatoms. The van der Waals surface area contributed by atoms with Crippen LogP contribution in [-0.2, 0) is 6.54 Å². The first-order valence-corrected chi connectivity index (χ1v) is 12.2. The maximum atomic E-state index is 13.3. The SMILES string of the molecule is Cc1cc(-n2c(C)cc(C(=O)CSc3nc4ccccc4c(=O)n3Cc3ccccc3)c2C)no1. The van der Waals surface area contributed by atoms with Crippen molar-refractivity contribution in [3.8, 4) is 5.82 Å². The smallest absolute Gasteiger partial charge is 0.262 e.